The quantitative estimate of drug-likeness (QED) is 0.733. The van der Waals surface area contributed by atoms with Crippen molar-refractivity contribution < 1.29 is 13.5 Å². The fourth-order valence-electron chi connectivity index (χ4n) is 1.31. The van der Waals surface area contributed by atoms with Crippen LogP contribution in [0.5, 0.6) is 0 Å². The second kappa shape index (κ2) is 4.48. The molecule has 0 radical (unpaired) electrons. The first-order chi connectivity index (χ1) is 6.20. The molecule has 0 saturated heterocycles. The van der Waals surface area contributed by atoms with Crippen LogP contribution in [0.1, 0.15) is 6.42 Å². The molecule has 0 amide bonds. The molecule has 0 heterocycles. The van der Waals surface area contributed by atoms with Gasteiger partial charge in [0.15, 0.2) is 0 Å². The average Bonchev–Trinajstić information content (AvgIpc) is 2.12. The third kappa shape index (κ3) is 2.14. The van der Waals surface area contributed by atoms with Crippen molar-refractivity contribution in [3.05, 3.63) is 23.3 Å². The van der Waals surface area contributed by atoms with Crippen LogP contribution in [-0.2, 0) is 4.74 Å². The van der Waals surface area contributed by atoms with Crippen LogP contribution in [0.2, 0.25) is 0 Å². The van der Waals surface area contributed by atoms with Crippen molar-refractivity contribution in [1.82, 2.24) is 0 Å². The zero-order valence-corrected chi connectivity index (χ0v) is 7.52. The smallest absolute Gasteiger partial charge is 0.127 e. The summed E-state index contributed by atoms with van der Waals surface area (Å²) in [6, 6.07) is 0. The zero-order valence-electron chi connectivity index (χ0n) is 7.52. The summed E-state index contributed by atoms with van der Waals surface area (Å²) >= 11 is 0. The molecule has 0 aromatic rings. The first-order valence-corrected chi connectivity index (χ1v) is 4.14. The van der Waals surface area contributed by atoms with Crippen molar-refractivity contribution in [2.45, 2.75) is 6.42 Å². The van der Waals surface area contributed by atoms with E-state index in [4.69, 9.17) is 10.5 Å². The van der Waals surface area contributed by atoms with E-state index in [1.807, 2.05) is 0 Å². The van der Waals surface area contributed by atoms with Gasteiger partial charge in [-0.15, -0.1) is 0 Å². The number of allylic oxidation sites excluding steroid dienone is 1. The van der Waals surface area contributed by atoms with Crippen molar-refractivity contribution in [1.29, 1.82) is 0 Å². The summed E-state index contributed by atoms with van der Waals surface area (Å²) in [5.41, 5.74) is 5.33. The Kier molecular flexibility index (Phi) is 3.57. The first kappa shape index (κ1) is 10.3. The maximum atomic E-state index is 13.4. The number of ether oxygens (including phenoxy) is 1. The maximum Gasteiger partial charge on any atom is 0.127 e. The highest BCUT2D eigenvalue weighted by atomic mass is 19.1. The van der Waals surface area contributed by atoms with Crippen LogP contribution >= 0.6 is 0 Å². The van der Waals surface area contributed by atoms with Crippen molar-refractivity contribution in [2.75, 3.05) is 20.3 Å². The monoisotopic (exact) mass is 189 g/mol. The van der Waals surface area contributed by atoms with Crippen molar-refractivity contribution in [3.8, 4) is 0 Å². The number of hydrogen-bond donors (Lipinski definition) is 1. The molecular formula is C9H13F2NO. The molecule has 2 nitrogen and oxygen atoms in total. The third-order valence-electron chi connectivity index (χ3n) is 2.09. The molecule has 2 N–H and O–H groups in total. The lowest BCUT2D eigenvalue weighted by Crippen LogP contribution is -2.19. The molecule has 1 aliphatic carbocycles. The van der Waals surface area contributed by atoms with E-state index in [1.165, 1.54) is 13.2 Å². The van der Waals surface area contributed by atoms with Gasteiger partial charge >= 0.3 is 0 Å². The van der Waals surface area contributed by atoms with E-state index < -0.39 is 11.7 Å². The van der Waals surface area contributed by atoms with E-state index in [1.54, 1.807) is 0 Å². The van der Waals surface area contributed by atoms with E-state index in [0.29, 0.717) is 6.42 Å². The zero-order chi connectivity index (χ0) is 9.84. The Labute approximate surface area is 76.1 Å². The summed E-state index contributed by atoms with van der Waals surface area (Å²) in [5, 5.41) is 0. The summed E-state index contributed by atoms with van der Waals surface area (Å²) < 4.78 is 31.1. The molecule has 1 atom stereocenters. The van der Waals surface area contributed by atoms with Gasteiger partial charge in [-0.25, -0.2) is 8.78 Å². The Bertz CT molecular complexity index is 248. The van der Waals surface area contributed by atoms with Gasteiger partial charge in [0.25, 0.3) is 0 Å². The fraction of sp³-hybridized carbons (Fsp3) is 0.556. The van der Waals surface area contributed by atoms with E-state index in [0.717, 1.165) is 0 Å². The van der Waals surface area contributed by atoms with Gasteiger partial charge in [-0.3, -0.25) is 0 Å². The Morgan fingerprint density at radius 1 is 1.62 bits per heavy atom. The topological polar surface area (TPSA) is 35.2 Å². The molecule has 74 valence electrons. The maximum absolute atomic E-state index is 13.4. The SMILES string of the molecule is COCC1=C(F)C(CN)CC=C1F. The lowest BCUT2D eigenvalue weighted by Gasteiger charge is -2.18. The number of hydrogen-bond acceptors (Lipinski definition) is 2. The molecule has 0 aliphatic heterocycles. The van der Waals surface area contributed by atoms with Crippen molar-refractivity contribution in [3.63, 3.8) is 0 Å². The van der Waals surface area contributed by atoms with Crippen LogP contribution in [0.4, 0.5) is 8.78 Å². The fourth-order valence-corrected chi connectivity index (χ4v) is 1.31. The molecule has 1 rings (SSSR count). The normalized spacial score (nSPS) is 23.4. The Balaban J connectivity index is 2.87. The second-order valence-corrected chi connectivity index (χ2v) is 2.98. The highest BCUT2D eigenvalue weighted by Gasteiger charge is 2.23. The second-order valence-electron chi connectivity index (χ2n) is 2.98. The van der Waals surface area contributed by atoms with Gasteiger partial charge < -0.3 is 10.5 Å². The van der Waals surface area contributed by atoms with Gasteiger partial charge in [-0.2, -0.15) is 0 Å². The largest absolute Gasteiger partial charge is 0.380 e. The van der Waals surface area contributed by atoms with Gasteiger partial charge in [0.05, 0.1) is 6.61 Å². The van der Waals surface area contributed by atoms with Gasteiger partial charge in [0, 0.05) is 25.1 Å². The van der Waals surface area contributed by atoms with Crippen LogP contribution in [-0.4, -0.2) is 20.3 Å². The van der Waals surface area contributed by atoms with Gasteiger partial charge in [-0.05, 0) is 12.5 Å². The molecular weight excluding hydrogens is 176 g/mol. The number of methoxy groups -OCH3 is 1. The highest BCUT2D eigenvalue weighted by Crippen LogP contribution is 2.31. The molecule has 0 aromatic heterocycles. The predicted molar refractivity (Wildman–Crippen MR) is 46.4 cm³/mol. The molecule has 0 spiro atoms. The molecule has 4 heteroatoms. The van der Waals surface area contributed by atoms with Crippen molar-refractivity contribution in [2.24, 2.45) is 11.7 Å². The minimum absolute atomic E-state index is 0.00389. The molecule has 0 aromatic carbocycles. The molecule has 0 fully saturated rings. The van der Waals surface area contributed by atoms with Crippen LogP contribution in [0.25, 0.3) is 0 Å². The summed E-state index contributed by atoms with van der Waals surface area (Å²) in [4.78, 5) is 0. The molecule has 0 bridgehead atoms. The van der Waals surface area contributed by atoms with Crippen LogP contribution in [0.3, 0.4) is 0 Å². The molecule has 0 saturated carbocycles. The number of nitrogens with two attached hydrogens (primary N) is 1. The Hall–Kier alpha value is -0.740. The predicted octanol–water partition coefficient (Wildman–Crippen LogP) is 1.69. The molecule has 13 heavy (non-hydrogen) atoms. The Morgan fingerprint density at radius 3 is 2.85 bits per heavy atom. The molecule has 1 unspecified atom stereocenters. The minimum Gasteiger partial charge on any atom is -0.380 e. The van der Waals surface area contributed by atoms with Gasteiger partial charge in [0.1, 0.15) is 11.7 Å². The van der Waals surface area contributed by atoms with Gasteiger partial charge in [-0.1, -0.05) is 0 Å². The Morgan fingerprint density at radius 2 is 2.31 bits per heavy atom. The van der Waals surface area contributed by atoms with Gasteiger partial charge in [0.2, 0.25) is 0 Å². The molecule has 1 aliphatic rings. The van der Waals surface area contributed by atoms with Crippen LogP contribution in [0, 0.1) is 5.92 Å². The number of halogens is 2. The number of rotatable bonds is 3. The third-order valence-corrected chi connectivity index (χ3v) is 2.09. The lowest BCUT2D eigenvalue weighted by atomic mass is 9.94. The minimum atomic E-state index is -0.524. The van der Waals surface area contributed by atoms with Crippen LogP contribution < -0.4 is 5.73 Å². The summed E-state index contributed by atoms with van der Waals surface area (Å²) in [6.07, 6.45) is 1.69. The highest BCUT2D eigenvalue weighted by molar-refractivity contribution is 5.33. The lowest BCUT2D eigenvalue weighted by molar-refractivity contribution is 0.218. The average molecular weight is 189 g/mol. The van der Waals surface area contributed by atoms with E-state index in [9.17, 15) is 8.78 Å². The van der Waals surface area contributed by atoms with E-state index in [-0.39, 0.29) is 24.6 Å². The summed E-state index contributed by atoms with van der Waals surface area (Å²) in [6.45, 7) is 0.160. The summed E-state index contributed by atoms with van der Waals surface area (Å²) in [5.74, 6) is -1.38. The van der Waals surface area contributed by atoms with E-state index in [2.05, 4.69) is 0 Å². The van der Waals surface area contributed by atoms with Crippen molar-refractivity contribution >= 4 is 0 Å². The van der Waals surface area contributed by atoms with E-state index >= 15 is 0 Å². The van der Waals surface area contributed by atoms with Crippen LogP contribution in [0.15, 0.2) is 23.3 Å². The standard InChI is InChI=1S/C9H13F2NO/c1-13-5-7-8(10)3-2-6(4-12)9(7)11/h3,6H,2,4-5,12H2,1H3. The first-order valence-electron chi connectivity index (χ1n) is 4.14. The summed E-state index contributed by atoms with van der Waals surface area (Å²) in [7, 11) is 1.40.